The molecule has 0 amide bonds. The molecule has 1 rings (SSSR count). The quantitative estimate of drug-likeness (QED) is 0.607. The van der Waals surface area contributed by atoms with Gasteiger partial charge in [-0.25, -0.2) is 0 Å². The molecule has 0 bridgehead atoms. The molecule has 0 saturated carbocycles. The van der Waals surface area contributed by atoms with Crippen LogP contribution in [0.25, 0.3) is 0 Å². The molecule has 0 aliphatic heterocycles. The van der Waals surface area contributed by atoms with Gasteiger partial charge in [-0.2, -0.15) is 0 Å². The summed E-state index contributed by atoms with van der Waals surface area (Å²) in [5, 5.41) is 1.07. The minimum atomic E-state index is 0.857. The molecular weight excluding hydrogens is 136 g/mol. The van der Waals surface area contributed by atoms with E-state index in [9.17, 15) is 0 Å². The van der Waals surface area contributed by atoms with Gasteiger partial charge in [0.25, 0.3) is 0 Å². The number of hydrogen-bond donors (Lipinski definition) is 0. The SMILES string of the molecule is CCN=c1ccn(CC)cc1. The Labute approximate surface area is 67.2 Å². The first kappa shape index (κ1) is 8.05. The summed E-state index contributed by atoms with van der Waals surface area (Å²) in [5.41, 5.74) is 0. The Hall–Kier alpha value is -1.05. The highest BCUT2D eigenvalue weighted by molar-refractivity contribution is 4.92. The van der Waals surface area contributed by atoms with E-state index < -0.39 is 0 Å². The van der Waals surface area contributed by atoms with E-state index in [1.165, 1.54) is 0 Å². The van der Waals surface area contributed by atoms with E-state index >= 15 is 0 Å². The molecule has 11 heavy (non-hydrogen) atoms. The Morgan fingerprint density at radius 1 is 1.27 bits per heavy atom. The average Bonchev–Trinajstić information content (AvgIpc) is 2.07. The van der Waals surface area contributed by atoms with Crippen LogP contribution in [0.2, 0.25) is 0 Å². The zero-order chi connectivity index (χ0) is 8.10. The lowest BCUT2D eigenvalue weighted by Crippen LogP contribution is -2.04. The molecule has 0 N–H and O–H groups in total. The lowest BCUT2D eigenvalue weighted by atomic mass is 10.4. The van der Waals surface area contributed by atoms with E-state index in [1.807, 2.05) is 19.1 Å². The molecule has 0 aliphatic rings. The van der Waals surface area contributed by atoms with Crippen molar-refractivity contribution >= 4 is 0 Å². The van der Waals surface area contributed by atoms with E-state index in [-0.39, 0.29) is 0 Å². The molecule has 0 spiro atoms. The summed E-state index contributed by atoms with van der Waals surface area (Å²) in [6, 6.07) is 4.07. The van der Waals surface area contributed by atoms with Crippen LogP contribution in [0.3, 0.4) is 0 Å². The summed E-state index contributed by atoms with van der Waals surface area (Å²) < 4.78 is 2.12. The third kappa shape index (κ3) is 2.22. The number of rotatable bonds is 2. The van der Waals surface area contributed by atoms with Crippen LogP contribution in [0.4, 0.5) is 0 Å². The third-order valence-electron chi connectivity index (χ3n) is 1.58. The van der Waals surface area contributed by atoms with Crippen LogP contribution < -0.4 is 5.36 Å². The van der Waals surface area contributed by atoms with Gasteiger partial charge < -0.3 is 4.57 Å². The van der Waals surface area contributed by atoms with Crippen molar-refractivity contribution in [1.82, 2.24) is 4.57 Å². The summed E-state index contributed by atoms with van der Waals surface area (Å²) in [4.78, 5) is 4.27. The van der Waals surface area contributed by atoms with E-state index in [0.29, 0.717) is 0 Å². The predicted molar refractivity (Wildman–Crippen MR) is 46.2 cm³/mol. The van der Waals surface area contributed by atoms with Crippen molar-refractivity contribution in [2.75, 3.05) is 6.54 Å². The van der Waals surface area contributed by atoms with E-state index in [2.05, 4.69) is 28.9 Å². The molecule has 2 nitrogen and oxygen atoms in total. The fraction of sp³-hybridized carbons (Fsp3) is 0.444. The van der Waals surface area contributed by atoms with E-state index in [1.54, 1.807) is 0 Å². The fourth-order valence-electron chi connectivity index (χ4n) is 0.948. The van der Waals surface area contributed by atoms with Gasteiger partial charge in [0.15, 0.2) is 0 Å². The zero-order valence-corrected chi connectivity index (χ0v) is 7.12. The maximum Gasteiger partial charge on any atom is 0.0603 e. The number of pyridine rings is 1. The molecule has 0 aromatic carbocycles. The topological polar surface area (TPSA) is 17.3 Å². The summed E-state index contributed by atoms with van der Waals surface area (Å²) in [5.74, 6) is 0. The average molecular weight is 150 g/mol. The van der Waals surface area contributed by atoms with Gasteiger partial charge in [0.1, 0.15) is 0 Å². The van der Waals surface area contributed by atoms with Crippen molar-refractivity contribution in [3.8, 4) is 0 Å². The number of nitrogens with zero attached hydrogens (tertiary/aromatic N) is 2. The predicted octanol–water partition coefficient (Wildman–Crippen LogP) is 1.43. The van der Waals surface area contributed by atoms with Gasteiger partial charge in [0, 0.05) is 25.5 Å². The van der Waals surface area contributed by atoms with Gasteiger partial charge in [0.05, 0.1) is 5.36 Å². The highest BCUT2D eigenvalue weighted by atomic mass is 14.9. The molecule has 0 unspecified atom stereocenters. The second-order valence-corrected chi connectivity index (χ2v) is 2.36. The van der Waals surface area contributed by atoms with Crippen LogP contribution in [0.15, 0.2) is 29.5 Å². The van der Waals surface area contributed by atoms with E-state index in [4.69, 9.17) is 0 Å². The largest absolute Gasteiger partial charge is 0.354 e. The van der Waals surface area contributed by atoms with Gasteiger partial charge in [-0.05, 0) is 26.0 Å². The molecule has 0 saturated heterocycles. The minimum Gasteiger partial charge on any atom is -0.354 e. The van der Waals surface area contributed by atoms with E-state index in [0.717, 1.165) is 18.4 Å². The Balaban J connectivity index is 2.91. The first-order valence-corrected chi connectivity index (χ1v) is 4.03. The molecule has 0 atom stereocenters. The summed E-state index contributed by atoms with van der Waals surface area (Å²) in [7, 11) is 0. The zero-order valence-electron chi connectivity index (χ0n) is 7.12. The number of aryl methyl sites for hydroxylation is 1. The number of hydrogen-bond acceptors (Lipinski definition) is 1. The molecular formula is C9H14N2. The normalized spacial score (nSPS) is 9.64. The lowest BCUT2D eigenvalue weighted by Gasteiger charge is -1.98. The van der Waals surface area contributed by atoms with Gasteiger partial charge >= 0.3 is 0 Å². The number of aromatic nitrogens is 1. The van der Waals surface area contributed by atoms with Crippen LogP contribution in [0.1, 0.15) is 13.8 Å². The maximum atomic E-state index is 4.27. The monoisotopic (exact) mass is 150 g/mol. The second-order valence-electron chi connectivity index (χ2n) is 2.36. The van der Waals surface area contributed by atoms with Crippen molar-refractivity contribution in [2.24, 2.45) is 4.99 Å². The Morgan fingerprint density at radius 3 is 2.36 bits per heavy atom. The first-order valence-electron chi connectivity index (χ1n) is 4.03. The van der Waals surface area contributed by atoms with Crippen LogP contribution in [-0.4, -0.2) is 11.1 Å². The van der Waals surface area contributed by atoms with Gasteiger partial charge in [-0.1, -0.05) is 0 Å². The summed E-state index contributed by atoms with van der Waals surface area (Å²) in [6.45, 7) is 6.04. The van der Waals surface area contributed by atoms with Crippen LogP contribution >= 0.6 is 0 Å². The molecule has 60 valence electrons. The maximum absolute atomic E-state index is 4.27. The molecule has 1 aromatic rings. The highest BCUT2D eigenvalue weighted by Crippen LogP contribution is 1.82. The fourth-order valence-corrected chi connectivity index (χ4v) is 0.948. The van der Waals surface area contributed by atoms with Crippen LogP contribution in [0, 0.1) is 0 Å². The van der Waals surface area contributed by atoms with Crippen molar-refractivity contribution in [3.63, 3.8) is 0 Å². The van der Waals surface area contributed by atoms with Crippen LogP contribution in [0.5, 0.6) is 0 Å². The van der Waals surface area contributed by atoms with Crippen molar-refractivity contribution in [3.05, 3.63) is 29.9 Å². The molecule has 1 aromatic heterocycles. The van der Waals surface area contributed by atoms with Gasteiger partial charge in [-0.3, -0.25) is 4.99 Å². The highest BCUT2D eigenvalue weighted by Gasteiger charge is 1.81. The third-order valence-corrected chi connectivity index (χ3v) is 1.58. The Bertz CT molecular complexity index is 253. The van der Waals surface area contributed by atoms with Crippen molar-refractivity contribution in [1.29, 1.82) is 0 Å². The molecule has 0 aliphatic carbocycles. The lowest BCUT2D eigenvalue weighted by molar-refractivity contribution is 0.752. The van der Waals surface area contributed by atoms with Crippen molar-refractivity contribution < 1.29 is 0 Å². The standard InChI is InChI=1S/C9H14N2/c1-3-10-9-5-7-11(4-2)8-6-9/h5-8H,3-4H2,1-2H3. The molecule has 1 heterocycles. The smallest absolute Gasteiger partial charge is 0.0603 e. The second kappa shape index (κ2) is 3.96. The minimum absolute atomic E-state index is 0.857. The summed E-state index contributed by atoms with van der Waals surface area (Å²) in [6.07, 6.45) is 4.10. The van der Waals surface area contributed by atoms with Gasteiger partial charge in [0.2, 0.25) is 0 Å². The van der Waals surface area contributed by atoms with Crippen molar-refractivity contribution in [2.45, 2.75) is 20.4 Å². The molecule has 0 radical (unpaired) electrons. The van der Waals surface area contributed by atoms with Gasteiger partial charge in [-0.15, -0.1) is 0 Å². The summed E-state index contributed by atoms with van der Waals surface area (Å²) >= 11 is 0. The Kier molecular flexibility index (Phi) is 2.90. The molecule has 0 fully saturated rings. The molecule has 2 heteroatoms. The first-order chi connectivity index (χ1) is 5.36. The Morgan fingerprint density at radius 2 is 1.91 bits per heavy atom. The van der Waals surface area contributed by atoms with Crippen LogP contribution in [-0.2, 0) is 6.54 Å².